The number of aliphatic hydroxyl groups is 1. The summed E-state index contributed by atoms with van der Waals surface area (Å²) >= 11 is 0. The Bertz CT molecular complexity index is 116. The quantitative estimate of drug-likeness (QED) is 0.572. The minimum absolute atomic E-state index is 0.0520. The van der Waals surface area contributed by atoms with Gasteiger partial charge in [-0.2, -0.15) is 0 Å². The van der Waals surface area contributed by atoms with Crippen molar-refractivity contribution in [1.82, 2.24) is 5.32 Å². The van der Waals surface area contributed by atoms with Crippen LogP contribution in [0.3, 0.4) is 0 Å². The highest BCUT2D eigenvalue weighted by atomic mass is 16.5. The maximum atomic E-state index is 10.7. The SMILES string of the molecule is CCC(O)CNC(=O)COC. The summed E-state index contributed by atoms with van der Waals surface area (Å²) in [5.41, 5.74) is 0. The molecule has 4 heteroatoms. The molecule has 0 saturated heterocycles. The summed E-state index contributed by atoms with van der Waals surface area (Å²) in [4.78, 5) is 10.7. The van der Waals surface area contributed by atoms with Gasteiger partial charge in [0.2, 0.25) is 5.91 Å². The van der Waals surface area contributed by atoms with Crippen LogP contribution in [-0.4, -0.2) is 37.4 Å². The van der Waals surface area contributed by atoms with Crippen molar-refractivity contribution in [2.45, 2.75) is 19.4 Å². The van der Waals surface area contributed by atoms with E-state index in [0.29, 0.717) is 13.0 Å². The molecule has 2 N–H and O–H groups in total. The Hall–Kier alpha value is -0.610. The molecular weight excluding hydrogens is 146 g/mol. The van der Waals surface area contributed by atoms with E-state index in [-0.39, 0.29) is 12.5 Å². The van der Waals surface area contributed by atoms with Crippen molar-refractivity contribution in [1.29, 1.82) is 0 Å². The van der Waals surface area contributed by atoms with Gasteiger partial charge in [-0.15, -0.1) is 0 Å². The van der Waals surface area contributed by atoms with E-state index in [0.717, 1.165) is 0 Å². The molecule has 66 valence electrons. The second-order valence-corrected chi connectivity index (χ2v) is 2.30. The van der Waals surface area contributed by atoms with Crippen LogP contribution in [0.15, 0.2) is 0 Å². The second kappa shape index (κ2) is 6.12. The molecule has 0 aliphatic heterocycles. The Balaban J connectivity index is 3.30. The van der Waals surface area contributed by atoms with E-state index >= 15 is 0 Å². The lowest BCUT2D eigenvalue weighted by Gasteiger charge is -2.08. The van der Waals surface area contributed by atoms with E-state index in [1.54, 1.807) is 0 Å². The molecule has 0 saturated carbocycles. The number of amides is 1. The molecule has 0 aliphatic rings. The fourth-order valence-electron chi connectivity index (χ4n) is 0.558. The van der Waals surface area contributed by atoms with Gasteiger partial charge in [0.15, 0.2) is 0 Å². The Morgan fingerprint density at radius 2 is 2.36 bits per heavy atom. The van der Waals surface area contributed by atoms with E-state index in [2.05, 4.69) is 10.1 Å². The molecule has 0 aromatic carbocycles. The number of hydrogen-bond acceptors (Lipinski definition) is 3. The van der Waals surface area contributed by atoms with Gasteiger partial charge in [-0.1, -0.05) is 6.92 Å². The molecule has 1 atom stereocenters. The highest BCUT2D eigenvalue weighted by molar-refractivity contribution is 5.77. The van der Waals surface area contributed by atoms with Crippen molar-refractivity contribution in [3.63, 3.8) is 0 Å². The summed E-state index contributed by atoms with van der Waals surface area (Å²) in [6, 6.07) is 0. The molecule has 11 heavy (non-hydrogen) atoms. The first-order chi connectivity index (χ1) is 5.20. The van der Waals surface area contributed by atoms with Crippen molar-refractivity contribution in [3.8, 4) is 0 Å². The number of nitrogens with one attached hydrogen (secondary N) is 1. The first-order valence-corrected chi connectivity index (χ1v) is 3.64. The number of rotatable bonds is 5. The molecule has 0 radical (unpaired) electrons. The standard InChI is InChI=1S/C7H15NO3/c1-3-6(9)4-8-7(10)5-11-2/h6,9H,3-5H2,1-2H3,(H,8,10). The number of carbonyl (C=O) groups is 1. The van der Waals surface area contributed by atoms with Crippen LogP contribution in [0.5, 0.6) is 0 Å². The van der Waals surface area contributed by atoms with Crippen molar-refractivity contribution < 1.29 is 14.6 Å². The lowest BCUT2D eigenvalue weighted by Crippen LogP contribution is -2.33. The zero-order valence-corrected chi connectivity index (χ0v) is 6.96. The van der Waals surface area contributed by atoms with Gasteiger partial charge in [-0.3, -0.25) is 4.79 Å². The maximum absolute atomic E-state index is 10.7. The minimum atomic E-state index is -0.448. The van der Waals surface area contributed by atoms with Crippen LogP contribution in [-0.2, 0) is 9.53 Å². The maximum Gasteiger partial charge on any atom is 0.246 e. The lowest BCUT2D eigenvalue weighted by atomic mass is 10.3. The van der Waals surface area contributed by atoms with Crippen LogP contribution in [0, 0.1) is 0 Å². The average molecular weight is 161 g/mol. The van der Waals surface area contributed by atoms with Gasteiger partial charge in [0.1, 0.15) is 6.61 Å². The molecule has 0 rings (SSSR count). The Morgan fingerprint density at radius 1 is 1.73 bits per heavy atom. The molecule has 0 aromatic rings. The van der Waals surface area contributed by atoms with Crippen LogP contribution in [0.2, 0.25) is 0 Å². The first-order valence-electron chi connectivity index (χ1n) is 3.64. The third kappa shape index (κ3) is 5.82. The fourth-order valence-corrected chi connectivity index (χ4v) is 0.558. The summed E-state index contributed by atoms with van der Waals surface area (Å²) in [7, 11) is 1.45. The normalized spacial score (nSPS) is 12.6. The van der Waals surface area contributed by atoms with Crippen molar-refractivity contribution in [3.05, 3.63) is 0 Å². The Labute approximate surface area is 66.5 Å². The number of hydrogen-bond donors (Lipinski definition) is 2. The van der Waals surface area contributed by atoms with Gasteiger partial charge in [0.05, 0.1) is 6.10 Å². The summed E-state index contributed by atoms with van der Waals surface area (Å²) in [5.74, 6) is -0.194. The zero-order chi connectivity index (χ0) is 8.69. The fraction of sp³-hybridized carbons (Fsp3) is 0.857. The third-order valence-corrected chi connectivity index (χ3v) is 1.28. The first kappa shape index (κ1) is 10.4. The predicted octanol–water partition coefficient (Wildman–Crippen LogP) is -0.480. The molecule has 0 bridgehead atoms. The van der Waals surface area contributed by atoms with E-state index in [1.165, 1.54) is 7.11 Å². The second-order valence-electron chi connectivity index (χ2n) is 2.30. The van der Waals surface area contributed by atoms with Crippen LogP contribution in [0.25, 0.3) is 0 Å². The molecule has 0 aromatic heterocycles. The van der Waals surface area contributed by atoms with Crippen LogP contribution < -0.4 is 5.32 Å². The monoisotopic (exact) mass is 161 g/mol. The summed E-state index contributed by atoms with van der Waals surface area (Å²) in [5, 5.41) is 11.5. The average Bonchev–Trinajstić information content (AvgIpc) is 2.01. The van der Waals surface area contributed by atoms with Gasteiger partial charge in [0, 0.05) is 13.7 Å². The van der Waals surface area contributed by atoms with Crippen molar-refractivity contribution in [2.24, 2.45) is 0 Å². The lowest BCUT2D eigenvalue weighted by molar-refractivity contribution is -0.125. The summed E-state index contributed by atoms with van der Waals surface area (Å²) < 4.78 is 4.58. The summed E-state index contributed by atoms with van der Waals surface area (Å²) in [6.45, 7) is 2.21. The molecule has 0 fully saturated rings. The van der Waals surface area contributed by atoms with Gasteiger partial charge in [0.25, 0.3) is 0 Å². The Morgan fingerprint density at radius 3 is 2.82 bits per heavy atom. The number of methoxy groups -OCH3 is 1. The van der Waals surface area contributed by atoms with E-state index < -0.39 is 6.10 Å². The topological polar surface area (TPSA) is 58.6 Å². The highest BCUT2D eigenvalue weighted by Crippen LogP contribution is 1.85. The smallest absolute Gasteiger partial charge is 0.246 e. The number of carbonyl (C=O) groups excluding carboxylic acids is 1. The summed E-state index contributed by atoms with van der Waals surface area (Å²) in [6.07, 6.45) is 0.198. The van der Waals surface area contributed by atoms with E-state index in [1.807, 2.05) is 6.92 Å². The molecule has 4 nitrogen and oxygen atoms in total. The molecule has 1 amide bonds. The molecule has 0 spiro atoms. The van der Waals surface area contributed by atoms with Gasteiger partial charge in [-0.05, 0) is 6.42 Å². The van der Waals surface area contributed by atoms with Crippen LogP contribution in [0.1, 0.15) is 13.3 Å². The zero-order valence-electron chi connectivity index (χ0n) is 6.96. The molecule has 0 aliphatic carbocycles. The predicted molar refractivity (Wildman–Crippen MR) is 41.2 cm³/mol. The minimum Gasteiger partial charge on any atom is -0.391 e. The number of ether oxygens (including phenoxy) is 1. The van der Waals surface area contributed by atoms with Crippen LogP contribution in [0.4, 0.5) is 0 Å². The van der Waals surface area contributed by atoms with E-state index in [9.17, 15) is 4.79 Å². The molecule has 1 unspecified atom stereocenters. The Kier molecular flexibility index (Phi) is 5.78. The third-order valence-electron chi connectivity index (χ3n) is 1.28. The van der Waals surface area contributed by atoms with E-state index in [4.69, 9.17) is 5.11 Å². The molecule has 0 heterocycles. The van der Waals surface area contributed by atoms with Gasteiger partial charge < -0.3 is 15.2 Å². The number of aliphatic hydroxyl groups excluding tert-OH is 1. The van der Waals surface area contributed by atoms with Crippen molar-refractivity contribution >= 4 is 5.91 Å². The van der Waals surface area contributed by atoms with Crippen LogP contribution >= 0.6 is 0 Å². The van der Waals surface area contributed by atoms with Gasteiger partial charge >= 0.3 is 0 Å². The van der Waals surface area contributed by atoms with Crippen molar-refractivity contribution in [2.75, 3.05) is 20.3 Å². The largest absolute Gasteiger partial charge is 0.391 e. The highest BCUT2D eigenvalue weighted by Gasteiger charge is 2.03. The molecular formula is C7H15NO3. The van der Waals surface area contributed by atoms with Gasteiger partial charge in [-0.25, -0.2) is 0 Å².